The van der Waals surface area contributed by atoms with E-state index in [4.69, 9.17) is 9.47 Å². The fourth-order valence-corrected chi connectivity index (χ4v) is 3.84. The first kappa shape index (κ1) is 22.9. The number of likely N-dealkylation sites (tertiary alicyclic amines) is 1. The van der Waals surface area contributed by atoms with Gasteiger partial charge in [-0.3, -0.25) is 10.1 Å². The highest BCUT2D eigenvalue weighted by Gasteiger charge is 2.36. The number of nitrogens with zero attached hydrogens (tertiary/aromatic N) is 2. The number of alkyl halides is 3. The molecule has 1 atom stereocenters. The van der Waals surface area contributed by atoms with E-state index in [1.807, 2.05) is 0 Å². The number of ether oxygens (including phenoxy) is 2. The highest BCUT2D eigenvalue weighted by Crippen LogP contribution is 2.36. The minimum atomic E-state index is -4.51. The number of hydrogen-bond donors (Lipinski definition) is 1. The van der Waals surface area contributed by atoms with Crippen molar-refractivity contribution in [3.8, 4) is 5.75 Å². The van der Waals surface area contributed by atoms with Gasteiger partial charge in [0.25, 0.3) is 0 Å². The molecule has 11 heteroatoms. The number of halogens is 3. The molecule has 1 aliphatic heterocycles. The van der Waals surface area contributed by atoms with Crippen LogP contribution in [0.4, 0.5) is 23.1 Å². The minimum absolute atomic E-state index is 0.166. The van der Waals surface area contributed by atoms with Gasteiger partial charge in [0.15, 0.2) is 5.13 Å². The summed E-state index contributed by atoms with van der Waals surface area (Å²) in [7, 11) is 0. The lowest BCUT2D eigenvalue weighted by molar-refractivity contribution is -0.143. The SMILES string of the molecule is CCOC(=O)CCc1csc(NC(=O)N2CC[C@H](Oc3ccccc3C(F)(F)F)C2)n1. The maximum atomic E-state index is 13.1. The molecule has 0 aliphatic carbocycles. The summed E-state index contributed by atoms with van der Waals surface area (Å²) in [5, 5.41) is 4.81. The summed E-state index contributed by atoms with van der Waals surface area (Å²) in [5.41, 5.74) is -0.171. The molecule has 3 rings (SSSR count). The molecule has 1 aromatic carbocycles. The number of para-hydroxylation sites is 1. The van der Waals surface area contributed by atoms with Gasteiger partial charge in [0.05, 0.1) is 30.8 Å². The molecule has 0 radical (unpaired) electrons. The van der Waals surface area contributed by atoms with Crippen molar-refractivity contribution >= 4 is 28.5 Å². The fourth-order valence-electron chi connectivity index (χ4n) is 3.11. The summed E-state index contributed by atoms with van der Waals surface area (Å²) in [6, 6.07) is 4.63. The number of esters is 1. The Labute approximate surface area is 181 Å². The molecule has 2 heterocycles. The Bertz CT molecular complexity index is 919. The number of thiazole rings is 1. The van der Waals surface area contributed by atoms with Gasteiger partial charge in [0.1, 0.15) is 11.9 Å². The summed E-state index contributed by atoms with van der Waals surface area (Å²) in [5.74, 6) is -0.551. The highest BCUT2D eigenvalue weighted by molar-refractivity contribution is 7.13. The van der Waals surface area contributed by atoms with E-state index in [9.17, 15) is 22.8 Å². The van der Waals surface area contributed by atoms with Crippen molar-refractivity contribution < 1.29 is 32.2 Å². The van der Waals surface area contributed by atoms with Crippen LogP contribution in [0.15, 0.2) is 29.6 Å². The molecule has 2 aromatic rings. The summed E-state index contributed by atoms with van der Waals surface area (Å²) in [6.07, 6.45) is -4.02. The van der Waals surface area contributed by atoms with E-state index in [1.54, 1.807) is 12.3 Å². The van der Waals surface area contributed by atoms with E-state index in [0.717, 1.165) is 6.07 Å². The number of aryl methyl sites for hydroxylation is 1. The normalized spacial score (nSPS) is 16.3. The average Bonchev–Trinajstić information content (AvgIpc) is 3.36. The maximum absolute atomic E-state index is 13.1. The molecule has 2 amide bonds. The van der Waals surface area contributed by atoms with Crippen molar-refractivity contribution in [3.05, 3.63) is 40.9 Å². The number of nitrogens with one attached hydrogen (secondary N) is 1. The number of amides is 2. The number of rotatable bonds is 7. The molecule has 1 saturated heterocycles. The minimum Gasteiger partial charge on any atom is -0.488 e. The van der Waals surface area contributed by atoms with Gasteiger partial charge in [0, 0.05) is 24.8 Å². The Morgan fingerprint density at radius 3 is 2.84 bits per heavy atom. The molecule has 1 fully saturated rings. The third kappa shape index (κ3) is 6.33. The number of aromatic nitrogens is 1. The molecular weight excluding hydrogens is 435 g/mol. The van der Waals surface area contributed by atoms with E-state index in [2.05, 4.69) is 10.3 Å². The summed E-state index contributed by atoms with van der Waals surface area (Å²) >= 11 is 1.23. The van der Waals surface area contributed by atoms with Gasteiger partial charge in [-0.1, -0.05) is 12.1 Å². The number of urea groups is 1. The molecule has 1 aromatic heterocycles. The van der Waals surface area contributed by atoms with Crippen LogP contribution in [0, 0.1) is 0 Å². The first-order chi connectivity index (χ1) is 14.8. The van der Waals surface area contributed by atoms with Crippen LogP contribution in [0.3, 0.4) is 0 Å². The zero-order valence-corrected chi connectivity index (χ0v) is 17.6. The van der Waals surface area contributed by atoms with Crippen LogP contribution >= 0.6 is 11.3 Å². The van der Waals surface area contributed by atoms with E-state index in [0.29, 0.717) is 36.8 Å². The largest absolute Gasteiger partial charge is 0.488 e. The molecule has 0 unspecified atom stereocenters. The molecule has 7 nitrogen and oxygen atoms in total. The van der Waals surface area contributed by atoms with Crippen molar-refractivity contribution in [2.45, 2.75) is 38.5 Å². The van der Waals surface area contributed by atoms with Gasteiger partial charge in [-0.25, -0.2) is 9.78 Å². The number of carbonyl (C=O) groups excluding carboxylic acids is 2. The predicted octanol–water partition coefficient (Wildman–Crippen LogP) is 4.34. The second-order valence-electron chi connectivity index (χ2n) is 6.85. The first-order valence-electron chi connectivity index (χ1n) is 9.75. The summed E-state index contributed by atoms with van der Waals surface area (Å²) in [4.78, 5) is 29.6. The second kappa shape index (κ2) is 9.99. The van der Waals surface area contributed by atoms with E-state index >= 15 is 0 Å². The van der Waals surface area contributed by atoms with Crippen molar-refractivity contribution in [2.24, 2.45) is 0 Å². The second-order valence-corrected chi connectivity index (χ2v) is 7.71. The van der Waals surface area contributed by atoms with Gasteiger partial charge in [-0.05, 0) is 19.1 Å². The topological polar surface area (TPSA) is 80.8 Å². The van der Waals surface area contributed by atoms with Crippen LogP contribution in [0.5, 0.6) is 5.75 Å². The third-order valence-electron chi connectivity index (χ3n) is 4.57. The van der Waals surface area contributed by atoms with Crippen LogP contribution in [0.2, 0.25) is 0 Å². The molecule has 31 heavy (non-hydrogen) atoms. The smallest absolute Gasteiger partial charge is 0.419 e. The van der Waals surface area contributed by atoms with E-state index in [1.165, 1.54) is 34.4 Å². The number of benzene rings is 1. The fraction of sp³-hybridized carbons (Fsp3) is 0.450. The molecule has 0 spiro atoms. The Morgan fingerprint density at radius 1 is 1.32 bits per heavy atom. The highest BCUT2D eigenvalue weighted by atomic mass is 32.1. The zero-order chi connectivity index (χ0) is 22.4. The Balaban J connectivity index is 1.51. The molecule has 1 aliphatic rings. The van der Waals surface area contributed by atoms with Crippen LogP contribution in [-0.2, 0) is 22.1 Å². The van der Waals surface area contributed by atoms with Gasteiger partial charge in [-0.15, -0.1) is 11.3 Å². The molecular formula is C20H22F3N3O4S. The van der Waals surface area contributed by atoms with Crippen molar-refractivity contribution in [3.63, 3.8) is 0 Å². The van der Waals surface area contributed by atoms with Gasteiger partial charge >= 0.3 is 18.2 Å². The number of hydrogen-bond acceptors (Lipinski definition) is 6. The van der Waals surface area contributed by atoms with Gasteiger partial charge in [-0.2, -0.15) is 13.2 Å². The summed E-state index contributed by atoms with van der Waals surface area (Å²) in [6.45, 7) is 2.57. The van der Waals surface area contributed by atoms with Crippen LogP contribution < -0.4 is 10.1 Å². The summed E-state index contributed by atoms with van der Waals surface area (Å²) < 4.78 is 49.8. The lowest BCUT2D eigenvalue weighted by Crippen LogP contribution is -2.34. The van der Waals surface area contributed by atoms with Gasteiger partial charge < -0.3 is 14.4 Å². The lowest BCUT2D eigenvalue weighted by Gasteiger charge is -2.19. The van der Waals surface area contributed by atoms with E-state index < -0.39 is 23.9 Å². The van der Waals surface area contributed by atoms with Gasteiger partial charge in [0.2, 0.25) is 0 Å². The molecule has 1 N–H and O–H groups in total. The quantitative estimate of drug-likeness (QED) is 0.626. The Morgan fingerprint density at radius 2 is 2.10 bits per heavy atom. The number of anilines is 1. The number of carbonyl (C=O) groups is 2. The van der Waals surface area contributed by atoms with Crippen LogP contribution in [0.25, 0.3) is 0 Å². The van der Waals surface area contributed by atoms with Crippen molar-refractivity contribution in [2.75, 3.05) is 25.0 Å². The third-order valence-corrected chi connectivity index (χ3v) is 5.38. The standard InChI is InChI=1S/C20H22F3N3O4S/c1-2-29-17(27)8-7-13-12-31-18(24-13)25-19(28)26-10-9-14(11-26)30-16-6-4-3-5-15(16)20(21,22)23/h3-6,12,14H,2,7-11H2,1H3,(H,24,25,28)/t14-/m0/s1. The van der Waals surface area contributed by atoms with Crippen molar-refractivity contribution in [1.29, 1.82) is 0 Å². The molecule has 168 valence electrons. The average molecular weight is 457 g/mol. The lowest BCUT2D eigenvalue weighted by atomic mass is 10.2. The Hall–Kier alpha value is -2.82. The molecule has 0 saturated carbocycles. The molecule has 0 bridgehead atoms. The predicted molar refractivity (Wildman–Crippen MR) is 108 cm³/mol. The van der Waals surface area contributed by atoms with E-state index in [-0.39, 0.29) is 24.7 Å². The van der Waals surface area contributed by atoms with Crippen LogP contribution in [0.1, 0.15) is 31.0 Å². The van der Waals surface area contributed by atoms with Crippen molar-refractivity contribution in [1.82, 2.24) is 9.88 Å². The zero-order valence-electron chi connectivity index (χ0n) is 16.8. The Kier molecular flexibility index (Phi) is 7.37. The first-order valence-corrected chi connectivity index (χ1v) is 10.6. The monoisotopic (exact) mass is 457 g/mol. The van der Waals surface area contributed by atoms with Crippen LogP contribution in [-0.4, -0.2) is 47.7 Å². The maximum Gasteiger partial charge on any atom is 0.419 e.